The molecule has 1 aliphatic carbocycles. The van der Waals surface area contributed by atoms with Gasteiger partial charge in [0.05, 0.1) is 12.8 Å². The lowest BCUT2D eigenvalue weighted by atomic mass is 9.88. The van der Waals surface area contributed by atoms with Gasteiger partial charge in [0.2, 0.25) is 0 Å². The summed E-state index contributed by atoms with van der Waals surface area (Å²) < 4.78 is 6.09. The zero-order chi connectivity index (χ0) is 18.8. The Morgan fingerprint density at radius 3 is 2.89 bits per heavy atom. The number of nitrogens with two attached hydrogens (primary N) is 1. The summed E-state index contributed by atoms with van der Waals surface area (Å²) in [5.74, 6) is 1.08. The van der Waals surface area contributed by atoms with Gasteiger partial charge in [0.25, 0.3) is 0 Å². The van der Waals surface area contributed by atoms with Gasteiger partial charge < -0.3 is 21.1 Å². The van der Waals surface area contributed by atoms with E-state index in [0.29, 0.717) is 18.2 Å². The molecule has 3 aliphatic rings. The molecule has 4 unspecified atom stereocenters. The van der Waals surface area contributed by atoms with Crippen molar-refractivity contribution in [2.24, 2.45) is 5.73 Å². The van der Waals surface area contributed by atoms with Crippen LogP contribution in [0.15, 0.2) is 18.2 Å². The quantitative estimate of drug-likeness (QED) is 0.558. The van der Waals surface area contributed by atoms with Crippen molar-refractivity contribution in [1.82, 2.24) is 16.0 Å². The van der Waals surface area contributed by atoms with Gasteiger partial charge in [-0.2, -0.15) is 0 Å². The molecule has 1 saturated heterocycles. The molecule has 1 fully saturated rings. The van der Waals surface area contributed by atoms with E-state index in [1.807, 2.05) is 7.05 Å². The second-order valence-electron chi connectivity index (χ2n) is 8.12. The van der Waals surface area contributed by atoms with Gasteiger partial charge in [-0.1, -0.05) is 6.08 Å². The average Bonchev–Trinajstić information content (AvgIpc) is 2.67. The maximum Gasteiger partial charge on any atom is 0.133 e. The van der Waals surface area contributed by atoms with Crippen molar-refractivity contribution in [3.05, 3.63) is 29.3 Å². The third-order valence-electron chi connectivity index (χ3n) is 5.87. The van der Waals surface area contributed by atoms with Gasteiger partial charge >= 0.3 is 0 Å². The second-order valence-corrected chi connectivity index (χ2v) is 8.12. The van der Waals surface area contributed by atoms with Crippen molar-refractivity contribution < 1.29 is 4.74 Å². The van der Waals surface area contributed by atoms with Gasteiger partial charge in [-0.3, -0.25) is 10.6 Å². The largest absolute Gasteiger partial charge is 0.493 e. The van der Waals surface area contributed by atoms with Gasteiger partial charge in [-0.25, -0.2) is 0 Å². The molecule has 0 spiro atoms. The number of allylic oxidation sites excluding steroid dienone is 1. The molecule has 1 aromatic carbocycles. The molecule has 0 radical (unpaired) electrons. The second kappa shape index (κ2) is 8.19. The summed E-state index contributed by atoms with van der Waals surface area (Å²) in [7, 11) is 2.00. The Morgan fingerprint density at radius 1 is 1.22 bits per heavy atom. The van der Waals surface area contributed by atoms with Crippen LogP contribution < -0.4 is 31.7 Å². The van der Waals surface area contributed by atoms with Crippen LogP contribution in [0.3, 0.4) is 0 Å². The van der Waals surface area contributed by atoms with Crippen LogP contribution in [0.25, 0.3) is 5.57 Å². The zero-order valence-electron chi connectivity index (χ0n) is 16.5. The molecule has 27 heavy (non-hydrogen) atoms. The molecule has 1 aromatic rings. The predicted octanol–water partition coefficient (Wildman–Crippen LogP) is 2.12. The van der Waals surface area contributed by atoms with E-state index in [1.165, 1.54) is 16.7 Å². The first kappa shape index (κ1) is 18.7. The summed E-state index contributed by atoms with van der Waals surface area (Å²) in [6.07, 6.45) is 8.90. The Labute approximate surface area is 162 Å². The Morgan fingerprint density at radius 2 is 2.11 bits per heavy atom. The van der Waals surface area contributed by atoms with E-state index in [1.54, 1.807) is 0 Å². The fourth-order valence-corrected chi connectivity index (χ4v) is 4.38. The van der Waals surface area contributed by atoms with E-state index in [9.17, 15) is 0 Å². The van der Waals surface area contributed by atoms with Crippen LogP contribution in [0.4, 0.5) is 5.69 Å². The van der Waals surface area contributed by atoms with Gasteiger partial charge in [0.15, 0.2) is 0 Å². The maximum atomic E-state index is 6.09. The average molecular weight is 372 g/mol. The summed E-state index contributed by atoms with van der Waals surface area (Å²) in [5, 5.41) is 14.1. The Bertz CT molecular complexity index is 704. The lowest BCUT2D eigenvalue weighted by molar-refractivity contribution is 0.249. The number of ether oxygens (including phenoxy) is 1. The third kappa shape index (κ3) is 4.29. The van der Waals surface area contributed by atoms with Crippen LogP contribution in [0, 0.1) is 0 Å². The first-order chi connectivity index (χ1) is 13.1. The molecule has 4 rings (SSSR count). The molecule has 6 nitrogen and oxygen atoms in total. The first-order valence-corrected chi connectivity index (χ1v) is 10.3. The van der Waals surface area contributed by atoms with Gasteiger partial charge in [0, 0.05) is 23.3 Å². The minimum Gasteiger partial charge on any atom is -0.493 e. The first-order valence-electron chi connectivity index (χ1n) is 10.3. The monoisotopic (exact) mass is 371 g/mol. The normalized spacial score (nSPS) is 30.9. The lowest BCUT2D eigenvalue weighted by Crippen LogP contribution is -2.63. The maximum absolute atomic E-state index is 6.09. The van der Waals surface area contributed by atoms with E-state index in [-0.39, 0.29) is 6.29 Å². The third-order valence-corrected chi connectivity index (χ3v) is 5.87. The van der Waals surface area contributed by atoms with Crippen LogP contribution >= 0.6 is 0 Å². The van der Waals surface area contributed by atoms with Crippen molar-refractivity contribution in [2.45, 2.75) is 70.0 Å². The standard InChI is InChI=1S/C21H33N5O/c1-13-10-19(23-2)26-21(24-13)25-17-11-15-4-3-9-27-20(15)18(12-17)14-5-7-16(22)8-6-14/h5,11-13,16,19,21,23-26H,3-4,6-10,22H2,1-2H3. The molecule has 2 aliphatic heterocycles. The summed E-state index contributed by atoms with van der Waals surface area (Å²) in [6, 6.07) is 5.25. The van der Waals surface area contributed by atoms with Crippen molar-refractivity contribution >= 4 is 11.3 Å². The number of nitrogens with one attached hydrogen (secondary N) is 4. The Balaban J connectivity index is 1.60. The summed E-state index contributed by atoms with van der Waals surface area (Å²) in [4.78, 5) is 0. The van der Waals surface area contributed by atoms with Gasteiger partial charge in [0.1, 0.15) is 12.0 Å². The van der Waals surface area contributed by atoms with Gasteiger partial charge in [-0.15, -0.1) is 0 Å². The van der Waals surface area contributed by atoms with Gasteiger partial charge in [-0.05, 0) is 75.8 Å². The highest BCUT2D eigenvalue weighted by Gasteiger charge is 2.25. The topological polar surface area (TPSA) is 83.4 Å². The van der Waals surface area contributed by atoms with E-state index in [0.717, 1.165) is 56.6 Å². The van der Waals surface area contributed by atoms with E-state index in [2.05, 4.69) is 46.4 Å². The number of hydrogen-bond acceptors (Lipinski definition) is 6. The smallest absolute Gasteiger partial charge is 0.133 e. The molecule has 6 heteroatoms. The molecule has 0 aromatic heterocycles. The van der Waals surface area contributed by atoms with E-state index in [4.69, 9.17) is 10.5 Å². The highest BCUT2D eigenvalue weighted by Crippen LogP contribution is 2.39. The fraction of sp³-hybridized carbons (Fsp3) is 0.619. The highest BCUT2D eigenvalue weighted by molar-refractivity contribution is 5.76. The molecule has 4 atom stereocenters. The minimum atomic E-state index is 0.0374. The van der Waals surface area contributed by atoms with Crippen LogP contribution in [0.1, 0.15) is 50.2 Å². The number of hydrogen-bond donors (Lipinski definition) is 5. The van der Waals surface area contributed by atoms with Crippen molar-refractivity contribution in [1.29, 1.82) is 0 Å². The molecule has 6 N–H and O–H groups in total. The molecule has 0 saturated carbocycles. The molecule has 2 heterocycles. The molecular weight excluding hydrogens is 338 g/mol. The highest BCUT2D eigenvalue weighted by atomic mass is 16.5. The van der Waals surface area contributed by atoms with Crippen LogP contribution in [-0.2, 0) is 6.42 Å². The number of fused-ring (bicyclic) bond motifs is 1. The molecule has 0 amide bonds. The predicted molar refractivity (Wildman–Crippen MR) is 111 cm³/mol. The molecule has 148 valence electrons. The zero-order valence-corrected chi connectivity index (χ0v) is 16.5. The minimum absolute atomic E-state index is 0.0374. The van der Waals surface area contributed by atoms with Crippen LogP contribution in [-0.4, -0.2) is 38.2 Å². The van der Waals surface area contributed by atoms with Crippen molar-refractivity contribution in [3.8, 4) is 5.75 Å². The van der Waals surface area contributed by atoms with Crippen molar-refractivity contribution in [2.75, 3.05) is 19.0 Å². The number of aryl methyl sites for hydroxylation is 1. The van der Waals surface area contributed by atoms with E-state index >= 15 is 0 Å². The van der Waals surface area contributed by atoms with Crippen molar-refractivity contribution in [3.63, 3.8) is 0 Å². The fourth-order valence-electron chi connectivity index (χ4n) is 4.38. The summed E-state index contributed by atoms with van der Waals surface area (Å²) >= 11 is 0. The summed E-state index contributed by atoms with van der Waals surface area (Å²) in [6.45, 7) is 3.04. The Kier molecular flexibility index (Phi) is 5.68. The number of rotatable bonds is 4. The lowest BCUT2D eigenvalue weighted by Gasteiger charge is -2.37. The molecular formula is C21H33N5O. The number of benzene rings is 1. The summed E-state index contributed by atoms with van der Waals surface area (Å²) in [5.41, 5.74) is 11.2. The number of anilines is 1. The Hall–Kier alpha value is -1.60. The van der Waals surface area contributed by atoms with Crippen LogP contribution in [0.5, 0.6) is 5.75 Å². The van der Waals surface area contributed by atoms with E-state index < -0.39 is 0 Å². The molecule has 0 bridgehead atoms. The SMILES string of the molecule is CNC1CC(C)NC(Nc2cc3c(c(C4=CCC(N)CC4)c2)OCCC3)N1. The van der Waals surface area contributed by atoms with Crippen LogP contribution in [0.2, 0.25) is 0 Å².